The fourth-order valence-corrected chi connectivity index (χ4v) is 3.54. The third kappa shape index (κ3) is 4.51. The molecular formula is C20H30N2O. The molecular weight excluding hydrogens is 284 g/mol. The van der Waals surface area contributed by atoms with Gasteiger partial charge in [0.25, 0.3) is 0 Å². The molecule has 1 saturated heterocycles. The molecule has 3 rings (SSSR count). The zero-order chi connectivity index (χ0) is 15.9. The van der Waals surface area contributed by atoms with E-state index in [0.29, 0.717) is 0 Å². The number of rotatable bonds is 8. The standard InChI is InChI=1S/C20H30N2O/c1-2-3-13-23-18-7-8-20-19(14-18)17(15-22-20)6-4-5-16-9-11-21-12-10-16/h7-8,14-16,21-22H,2-6,9-13H2,1H3. The van der Waals surface area contributed by atoms with Gasteiger partial charge in [0.2, 0.25) is 0 Å². The van der Waals surface area contributed by atoms with Crippen molar-refractivity contribution in [2.75, 3.05) is 19.7 Å². The van der Waals surface area contributed by atoms with E-state index in [1.54, 1.807) is 0 Å². The molecule has 1 fully saturated rings. The van der Waals surface area contributed by atoms with Crippen molar-refractivity contribution in [3.8, 4) is 5.75 Å². The van der Waals surface area contributed by atoms with Gasteiger partial charge in [0.15, 0.2) is 0 Å². The lowest BCUT2D eigenvalue weighted by atomic mass is 9.91. The first kappa shape index (κ1) is 16.4. The molecule has 3 nitrogen and oxygen atoms in total. The van der Waals surface area contributed by atoms with Crippen LogP contribution in [0, 0.1) is 5.92 Å². The average Bonchev–Trinajstić information content (AvgIpc) is 2.99. The summed E-state index contributed by atoms with van der Waals surface area (Å²) in [7, 11) is 0. The normalized spacial score (nSPS) is 16.0. The first-order valence-corrected chi connectivity index (χ1v) is 9.30. The molecule has 0 bridgehead atoms. The van der Waals surface area contributed by atoms with E-state index >= 15 is 0 Å². The van der Waals surface area contributed by atoms with Gasteiger partial charge in [0.1, 0.15) is 5.75 Å². The lowest BCUT2D eigenvalue weighted by Gasteiger charge is -2.22. The monoisotopic (exact) mass is 314 g/mol. The van der Waals surface area contributed by atoms with Gasteiger partial charge >= 0.3 is 0 Å². The summed E-state index contributed by atoms with van der Waals surface area (Å²) in [6.45, 7) is 5.42. The highest BCUT2D eigenvalue weighted by Gasteiger charge is 2.13. The molecule has 2 heterocycles. The van der Waals surface area contributed by atoms with Crippen LogP contribution in [0.2, 0.25) is 0 Å². The van der Waals surface area contributed by atoms with Crippen molar-refractivity contribution in [1.82, 2.24) is 10.3 Å². The number of ether oxygens (including phenoxy) is 1. The Morgan fingerprint density at radius 2 is 2.04 bits per heavy atom. The number of nitrogens with one attached hydrogen (secondary N) is 2. The lowest BCUT2D eigenvalue weighted by molar-refractivity contribution is 0.310. The first-order valence-electron chi connectivity index (χ1n) is 9.30. The topological polar surface area (TPSA) is 37.0 Å². The summed E-state index contributed by atoms with van der Waals surface area (Å²) in [5.74, 6) is 1.93. The third-order valence-electron chi connectivity index (χ3n) is 5.02. The molecule has 1 aromatic heterocycles. The Bertz CT molecular complexity index is 599. The molecule has 1 aliphatic rings. The van der Waals surface area contributed by atoms with Crippen molar-refractivity contribution in [3.63, 3.8) is 0 Å². The van der Waals surface area contributed by atoms with Crippen LogP contribution in [0.5, 0.6) is 5.75 Å². The Kier molecular flexibility index (Phi) is 5.98. The van der Waals surface area contributed by atoms with Crippen LogP contribution in [0.3, 0.4) is 0 Å². The summed E-state index contributed by atoms with van der Waals surface area (Å²) < 4.78 is 5.86. The summed E-state index contributed by atoms with van der Waals surface area (Å²) in [6, 6.07) is 6.43. The van der Waals surface area contributed by atoms with Gasteiger partial charge in [-0.05, 0) is 74.9 Å². The highest BCUT2D eigenvalue weighted by molar-refractivity contribution is 5.84. The predicted octanol–water partition coefficient (Wildman–Crippen LogP) is 4.67. The van der Waals surface area contributed by atoms with Crippen LogP contribution in [0.4, 0.5) is 0 Å². The molecule has 23 heavy (non-hydrogen) atoms. The largest absolute Gasteiger partial charge is 0.494 e. The van der Waals surface area contributed by atoms with E-state index in [1.807, 2.05) is 0 Å². The molecule has 0 unspecified atom stereocenters. The SMILES string of the molecule is CCCCOc1ccc2[nH]cc(CCCC3CCNCC3)c2c1. The number of piperidine rings is 1. The number of aryl methyl sites for hydroxylation is 1. The fourth-order valence-electron chi connectivity index (χ4n) is 3.54. The molecule has 0 atom stereocenters. The van der Waals surface area contributed by atoms with E-state index in [0.717, 1.165) is 24.7 Å². The maximum Gasteiger partial charge on any atom is 0.120 e. The molecule has 2 N–H and O–H groups in total. The Labute approximate surface area is 139 Å². The van der Waals surface area contributed by atoms with Crippen LogP contribution in [-0.2, 0) is 6.42 Å². The van der Waals surface area contributed by atoms with Crippen LogP contribution in [0.1, 0.15) is 51.0 Å². The second-order valence-electron chi connectivity index (χ2n) is 6.81. The van der Waals surface area contributed by atoms with Gasteiger partial charge in [-0.2, -0.15) is 0 Å². The van der Waals surface area contributed by atoms with Crippen molar-refractivity contribution < 1.29 is 4.74 Å². The molecule has 0 spiro atoms. The Hall–Kier alpha value is -1.48. The Morgan fingerprint density at radius 3 is 2.87 bits per heavy atom. The summed E-state index contributed by atoms with van der Waals surface area (Å²) >= 11 is 0. The van der Waals surface area contributed by atoms with Crippen LogP contribution in [-0.4, -0.2) is 24.7 Å². The smallest absolute Gasteiger partial charge is 0.120 e. The number of aromatic amines is 1. The second kappa shape index (κ2) is 8.39. The summed E-state index contributed by atoms with van der Waals surface area (Å²) in [5.41, 5.74) is 2.67. The van der Waals surface area contributed by atoms with Gasteiger partial charge in [-0.25, -0.2) is 0 Å². The summed E-state index contributed by atoms with van der Waals surface area (Å²) in [5, 5.41) is 4.79. The molecule has 126 valence electrons. The van der Waals surface area contributed by atoms with E-state index in [2.05, 4.69) is 41.6 Å². The fraction of sp³-hybridized carbons (Fsp3) is 0.600. The summed E-state index contributed by atoms with van der Waals surface area (Å²) in [6.07, 6.45) is 11.0. The molecule has 1 aliphatic heterocycles. The number of hydrogen-bond acceptors (Lipinski definition) is 2. The zero-order valence-corrected chi connectivity index (χ0v) is 14.4. The quantitative estimate of drug-likeness (QED) is 0.695. The van der Waals surface area contributed by atoms with E-state index in [4.69, 9.17) is 4.74 Å². The van der Waals surface area contributed by atoms with E-state index in [-0.39, 0.29) is 0 Å². The number of fused-ring (bicyclic) bond motifs is 1. The summed E-state index contributed by atoms with van der Waals surface area (Å²) in [4.78, 5) is 3.41. The van der Waals surface area contributed by atoms with Crippen molar-refractivity contribution in [2.24, 2.45) is 5.92 Å². The molecule has 0 amide bonds. The molecule has 0 saturated carbocycles. The van der Waals surface area contributed by atoms with Crippen LogP contribution in [0.15, 0.2) is 24.4 Å². The second-order valence-corrected chi connectivity index (χ2v) is 6.81. The first-order chi connectivity index (χ1) is 11.4. The number of aromatic nitrogens is 1. The van der Waals surface area contributed by atoms with Gasteiger partial charge in [-0.3, -0.25) is 0 Å². The third-order valence-corrected chi connectivity index (χ3v) is 5.02. The van der Waals surface area contributed by atoms with Gasteiger partial charge in [0, 0.05) is 17.1 Å². The maximum atomic E-state index is 5.86. The average molecular weight is 314 g/mol. The van der Waals surface area contributed by atoms with Crippen molar-refractivity contribution in [3.05, 3.63) is 30.0 Å². The van der Waals surface area contributed by atoms with E-state index in [9.17, 15) is 0 Å². The van der Waals surface area contributed by atoms with Crippen LogP contribution in [0.25, 0.3) is 10.9 Å². The minimum absolute atomic E-state index is 0.817. The molecule has 3 heteroatoms. The minimum atomic E-state index is 0.817. The van der Waals surface area contributed by atoms with E-state index < -0.39 is 0 Å². The number of unbranched alkanes of at least 4 members (excludes halogenated alkanes) is 1. The van der Waals surface area contributed by atoms with Crippen LogP contribution < -0.4 is 10.1 Å². The number of H-pyrrole nitrogens is 1. The molecule has 2 aromatic rings. The van der Waals surface area contributed by atoms with Gasteiger partial charge in [-0.1, -0.05) is 19.8 Å². The van der Waals surface area contributed by atoms with Gasteiger partial charge in [-0.15, -0.1) is 0 Å². The lowest BCUT2D eigenvalue weighted by Crippen LogP contribution is -2.27. The zero-order valence-electron chi connectivity index (χ0n) is 14.4. The number of benzene rings is 1. The predicted molar refractivity (Wildman–Crippen MR) is 97.2 cm³/mol. The van der Waals surface area contributed by atoms with Crippen LogP contribution >= 0.6 is 0 Å². The Balaban J connectivity index is 1.57. The highest BCUT2D eigenvalue weighted by atomic mass is 16.5. The number of hydrogen-bond donors (Lipinski definition) is 2. The highest BCUT2D eigenvalue weighted by Crippen LogP contribution is 2.26. The molecule has 0 aliphatic carbocycles. The molecule has 1 aromatic carbocycles. The minimum Gasteiger partial charge on any atom is -0.494 e. The van der Waals surface area contributed by atoms with Crippen molar-refractivity contribution in [2.45, 2.75) is 51.9 Å². The van der Waals surface area contributed by atoms with Crippen molar-refractivity contribution in [1.29, 1.82) is 0 Å². The molecule has 0 radical (unpaired) electrons. The van der Waals surface area contributed by atoms with Gasteiger partial charge < -0.3 is 15.0 Å². The maximum absolute atomic E-state index is 5.86. The van der Waals surface area contributed by atoms with Gasteiger partial charge in [0.05, 0.1) is 6.61 Å². The Morgan fingerprint density at radius 1 is 1.17 bits per heavy atom. The van der Waals surface area contributed by atoms with Crippen molar-refractivity contribution >= 4 is 10.9 Å². The van der Waals surface area contributed by atoms with E-state index in [1.165, 1.54) is 68.1 Å².